The summed E-state index contributed by atoms with van der Waals surface area (Å²) in [7, 11) is 0. The summed E-state index contributed by atoms with van der Waals surface area (Å²) in [6.45, 7) is 10.3. The molecule has 0 radical (unpaired) electrons. The van der Waals surface area contributed by atoms with Gasteiger partial charge in [-0.25, -0.2) is 14.4 Å². The molecule has 1 fully saturated rings. The van der Waals surface area contributed by atoms with Crippen molar-refractivity contribution in [3.63, 3.8) is 0 Å². The first-order valence-electron chi connectivity index (χ1n) is 10.8. The summed E-state index contributed by atoms with van der Waals surface area (Å²) < 4.78 is 14.3. The number of piperazine rings is 1. The lowest BCUT2D eigenvalue weighted by Gasteiger charge is -2.37. The maximum Gasteiger partial charge on any atom is 0.136 e. The van der Waals surface area contributed by atoms with Gasteiger partial charge in [0.1, 0.15) is 17.5 Å². The van der Waals surface area contributed by atoms with E-state index in [1.54, 1.807) is 6.07 Å². The Morgan fingerprint density at radius 2 is 1.83 bits per heavy atom. The van der Waals surface area contributed by atoms with Crippen molar-refractivity contribution in [1.82, 2.24) is 14.9 Å². The molecule has 5 nitrogen and oxygen atoms in total. The van der Waals surface area contributed by atoms with E-state index in [1.807, 2.05) is 19.1 Å². The Morgan fingerprint density at radius 1 is 1.10 bits per heavy atom. The molecule has 1 atom stereocenters. The van der Waals surface area contributed by atoms with Crippen molar-refractivity contribution in [3.8, 4) is 0 Å². The third kappa shape index (κ3) is 5.52. The number of β-amino-alcohol motifs (C(OH)–C–C–N with tert-alkyl or cyclic N) is 1. The van der Waals surface area contributed by atoms with Gasteiger partial charge in [-0.05, 0) is 31.4 Å². The molecule has 1 aliphatic heterocycles. The van der Waals surface area contributed by atoms with Gasteiger partial charge in [-0.3, -0.25) is 4.90 Å². The smallest absolute Gasteiger partial charge is 0.136 e. The lowest BCUT2D eigenvalue weighted by atomic mass is 10.0. The molecule has 1 aromatic heterocycles. The zero-order valence-corrected chi connectivity index (χ0v) is 17.9. The standard InChI is InChI=1S/C23H33FN4O/c1-4-8-19(29)16-27-11-13-28(14-12-27)23-20(22(5-2)25-17(3)26-23)15-18-9-6-7-10-21(18)24/h6-7,9-10,19,29H,4-5,8,11-16H2,1-3H3/t19-/m1/s1. The molecule has 29 heavy (non-hydrogen) atoms. The molecular formula is C23H33FN4O. The number of aliphatic hydroxyl groups excluding tert-OH is 1. The van der Waals surface area contributed by atoms with Crippen molar-refractivity contribution < 1.29 is 9.50 Å². The number of aryl methyl sites for hydroxylation is 2. The van der Waals surface area contributed by atoms with Crippen molar-refractivity contribution in [2.75, 3.05) is 37.6 Å². The number of benzene rings is 1. The molecule has 0 amide bonds. The van der Waals surface area contributed by atoms with Crippen molar-refractivity contribution in [2.24, 2.45) is 0 Å². The fraction of sp³-hybridized carbons (Fsp3) is 0.565. The lowest BCUT2D eigenvalue weighted by Crippen LogP contribution is -2.49. The van der Waals surface area contributed by atoms with Gasteiger partial charge in [-0.15, -0.1) is 0 Å². The summed E-state index contributed by atoms with van der Waals surface area (Å²) in [6, 6.07) is 6.94. The second kappa shape index (κ2) is 10.1. The highest BCUT2D eigenvalue weighted by molar-refractivity contribution is 5.52. The van der Waals surface area contributed by atoms with Crippen LogP contribution in [0, 0.1) is 12.7 Å². The Bertz CT molecular complexity index is 805. The molecule has 1 aromatic carbocycles. The average Bonchev–Trinajstić information content (AvgIpc) is 2.71. The van der Waals surface area contributed by atoms with E-state index in [2.05, 4.69) is 28.6 Å². The van der Waals surface area contributed by atoms with Gasteiger partial charge in [0, 0.05) is 50.4 Å². The maximum absolute atomic E-state index is 14.3. The van der Waals surface area contributed by atoms with Gasteiger partial charge in [0.15, 0.2) is 0 Å². The van der Waals surface area contributed by atoms with Crippen LogP contribution in [0.2, 0.25) is 0 Å². The second-order valence-electron chi connectivity index (χ2n) is 7.87. The van der Waals surface area contributed by atoms with Gasteiger partial charge in [-0.2, -0.15) is 0 Å². The Kier molecular flexibility index (Phi) is 7.56. The average molecular weight is 401 g/mol. The molecule has 2 heterocycles. The minimum atomic E-state index is -0.254. The highest BCUT2D eigenvalue weighted by Crippen LogP contribution is 2.26. The molecule has 1 N–H and O–H groups in total. The van der Waals surface area contributed by atoms with Crippen LogP contribution in [0.3, 0.4) is 0 Å². The Hall–Kier alpha value is -2.05. The number of aromatic nitrogens is 2. The number of aliphatic hydroxyl groups is 1. The van der Waals surface area contributed by atoms with Gasteiger partial charge in [-0.1, -0.05) is 38.5 Å². The van der Waals surface area contributed by atoms with E-state index in [-0.39, 0.29) is 11.9 Å². The van der Waals surface area contributed by atoms with E-state index in [0.29, 0.717) is 12.0 Å². The van der Waals surface area contributed by atoms with Gasteiger partial charge >= 0.3 is 0 Å². The Balaban J connectivity index is 1.80. The summed E-state index contributed by atoms with van der Waals surface area (Å²) in [5, 5.41) is 10.1. The zero-order valence-electron chi connectivity index (χ0n) is 17.9. The first-order valence-corrected chi connectivity index (χ1v) is 10.8. The van der Waals surface area contributed by atoms with Crippen molar-refractivity contribution >= 4 is 5.82 Å². The Morgan fingerprint density at radius 3 is 2.48 bits per heavy atom. The van der Waals surface area contributed by atoms with E-state index in [4.69, 9.17) is 4.98 Å². The number of hydrogen-bond acceptors (Lipinski definition) is 5. The Labute approximate surface area is 173 Å². The number of rotatable bonds is 8. The van der Waals surface area contributed by atoms with E-state index < -0.39 is 0 Å². The number of hydrogen-bond donors (Lipinski definition) is 1. The zero-order chi connectivity index (χ0) is 20.8. The van der Waals surface area contributed by atoms with Gasteiger partial charge < -0.3 is 10.0 Å². The highest BCUT2D eigenvalue weighted by Gasteiger charge is 2.24. The van der Waals surface area contributed by atoms with Crippen LogP contribution in [-0.4, -0.2) is 58.8 Å². The molecule has 158 valence electrons. The fourth-order valence-corrected chi connectivity index (χ4v) is 4.07. The molecule has 1 saturated heterocycles. The summed E-state index contributed by atoms with van der Waals surface area (Å²) in [5.74, 6) is 1.51. The molecule has 0 saturated carbocycles. The molecule has 0 spiro atoms. The molecule has 1 aliphatic rings. The normalized spacial score (nSPS) is 16.2. The fourth-order valence-electron chi connectivity index (χ4n) is 4.07. The van der Waals surface area contributed by atoms with Gasteiger partial charge in [0.05, 0.1) is 6.10 Å². The van der Waals surface area contributed by atoms with Crippen molar-refractivity contribution in [1.29, 1.82) is 0 Å². The van der Waals surface area contributed by atoms with E-state index in [9.17, 15) is 9.50 Å². The molecule has 3 rings (SSSR count). The number of anilines is 1. The van der Waals surface area contributed by atoms with Crippen LogP contribution in [0.5, 0.6) is 0 Å². The van der Waals surface area contributed by atoms with Crippen LogP contribution in [0.25, 0.3) is 0 Å². The maximum atomic E-state index is 14.3. The van der Waals surface area contributed by atoms with E-state index >= 15 is 0 Å². The molecule has 0 bridgehead atoms. The largest absolute Gasteiger partial charge is 0.392 e. The number of nitrogens with zero attached hydrogens (tertiary/aromatic N) is 4. The molecule has 0 aliphatic carbocycles. The summed E-state index contributed by atoms with van der Waals surface area (Å²) >= 11 is 0. The first-order chi connectivity index (χ1) is 14.0. The summed E-state index contributed by atoms with van der Waals surface area (Å²) in [6.07, 6.45) is 2.89. The van der Waals surface area contributed by atoms with Crippen LogP contribution in [-0.2, 0) is 12.8 Å². The third-order valence-corrected chi connectivity index (χ3v) is 5.61. The third-order valence-electron chi connectivity index (χ3n) is 5.61. The van der Waals surface area contributed by atoms with E-state index in [0.717, 1.165) is 74.9 Å². The van der Waals surface area contributed by atoms with Crippen molar-refractivity contribution in [2.45, 2.75) is 52.6 Å². The molecule has 6 heteroatoms. The summed E-state index contributed by atoms with van der Waals surface area (Å²) in [4.78, 5) is 14.0. The number of halogens is 1. The van der Waals surface area contributed by atoms with Crippen LogP contribution >= 0.6 is 0 Å². The summed E-state index contributed by atoms with van der Waals surface area (Å²) in [5.41, 5.74) is 2.71. The van der Waals surface area contributed by atoms with Crippen LogP contribution < -0.4 is 4.90 Å². The first kappa shape index (κ1) is 21.7. The predicted molar refractivity (Wildman–Crippen MR) is 115 cm³/mol. The molecule has 2 aromatic rings. The van der Waals surface area contributed by atoms with Crippen LogP contribution in [0.4, 0.5) is 10.2 Å². The van der Waals surface area contributed by atoms with Gasteiger partial charge in [0.2, 0.25) is 0 Å². The van der Waals surface area contributed by atoms with Crippen LogP contribution in [0.15, 0.2) is 24.3 Å². The SMILES string of the molecule is CCC[C@@H](O)CN1CCN(c2nc(C)nc(CC)c2Cc2ccccc2F)CC1. The molecular weight excluding hydrogens is 367 g/mol. The van der Waals surface area contributed by atoms with Gasteiger partial charge in [0.25, 0.3) is 0 Å². The van der Waals surface area contributed by atoms with Crippen molar-refractivity contribution in [3.05, 3.63) is 52.7 Å². The monoisotopic (exact) mass is 400 g/mol. The minimum absolute atomic E-state index is 0.184. The molecule has 0 unspecified atom stereocenters. The lowest BCUT2D eigenvalue weighted by molar-refractivity contribution is 0.101. The van der Waals surface area contributed by atoms with Crippen LogP contribution in [0.1, 0.15) is 49.3 Å². The quantitative estimate of drug-likeness (QED) is 0.736. The van der Waals surface area contributed by atoms with E-state index in [1.165, 1.54) is 6.07 Å². The minimum Gasteiger partial charge on any atom is -0.392 e. The second-order valence-corrected chi connectivity index (χ2v) is 7.87. The predicted octanol–water partition coefficient (Wildman–Crippen LogP) is 3.36. The highest BCUT2D eigenvalue weighted by atomic mass is 19.1. The topological polar surface area (TPSA) is 52.5 Å².